The molecular weight excluding hydrogens is 400 g/mol. The van der Waals surface area contributed by atoms with E-state index in [-0.39, 0.29) is 6.61 Å². The molecule has 2 aromatic rings. The lowest BCUT2D eigenvalue weighted by Crippen LogP contribution is -2.58. The van der Waals surface area contributed by atoms with Gasteiger partial charge in [-0.05, 0) is 47.7 Å². The van der Waals surface area contributed by atoms with Crippen LogP contribution in [0.3, 0.4) is 0 Å². The number of halogens is 1. The highest BCUT2D eigenvalue weighted by Crippen LogP contribution is 2.54. The number of thioether (sulfide) groups is 1. The third-order valence-electron chi connectivity index (χ3n) is 5.64. The zero-order valence-corrected chi connectivity index (χ0v) is 17.0. The van der Waals surface area contributed by atoms with E-state index in [9.17, 15) is 20.4 Å². The van der Waals surface area contributed by atoms with Crippen molar-refractivity contribution in [1.82, 2.24) is 0 Å². The Morgan fingerprint density at radius 3 is 2.54 bits per heavy atom. The van der Waals surface area contributed by atoms with E-state index in [1.54, 1.807) is 0 Å². The van der Waals surface area contributed by atoms with Gasteiger partial charge in [0.1, 0.15) is 12.2 Å². The van der Waals surface area contributed by atoms with E-state index in [1.165, 1.54) is 11.8 Å². The first-order valence-electron chi connectivity index (χ1n) is 9.20. The first-order chi connectivity index (χ1) is 13.4. The van der Waals surface area contributed by atoms with Gasteiger partial charge in [-0.15, -0.1) is 11.8 Å². The molecule has 1 fully saturated rings. The number of benzene rings is 2. The van der Waals surface area contributed by atoms with Crippen LogP contribution in [-0.4, -0.2) is 50.6 Å². The van der Waals surface area contributed by atoms with Gasteiger partial charge in [0, 0.05) is 10.6 Å². The number of aliphatic hydroxyl groups is 4. The first kappa shape index (κ1) is 20.2. The number of hydrogen-bond donors (Lipinski definition) is 4. The van der Waals surface area contributed by atoms with Gasteiger partial charge in [-0.2, -0.15) is 0 Å². The second-order valence-electron chi connectivity index (χ2n) is 7.46. The lowest BCUT2D eigenvalue weighted by atomic mass is 9.89. The van der Waals surface area contributed by atoms with E-state index in [0.29, 0.717) is 18.1 Å². The van der Waals surface area contributed by atoms with Crippen molar-refractivity contribution in [1.29, 1.82) is 0 Å². The predicted molar refractivity (Wildman–Crippen MR) is 108 cm³/mol. The van der Waals surface area contributed by atoms with Crippen molar-refractivity contribution >= 4 is 23.4 Å². The summed E-state index contributed by atoms with van der Waals surface area (Å²) in [4.78, 5) is -1.20. The molecule has 2 heterocycles. The summed E-state index contributed by atoms with van der Waals surface area (Å²) >= 11 is 7.15. The van der Waals surface area contributed by atoms with E-state index < -0.39 is 28.5 Å². The number of hydrogen-bond acceptors (Lipinski definition) is 6. The van der Waals surface area contributed by atoms with Gasteiger partial charge < -0.3 is 25.2 Å². The van der Waals surface area contributed by atoms with Gasteiger partial charge in [0.2, 0.25) is 0 Å². The zero-order valence-electron chi connectivity index (χ0n) is 15.4. The van der Waals surface area contributed by atoms with E-state index in [0.717, 1.165) is 27.8 Å². The van der Waals surface area contributed by atoms with Crippen molar-refractivity contribution in [3.05, 3.63) is 69.2 Å². The Balaban J connectivity index is 1.73. The van der Waals surface area contributed by atoms with Gasteiger partial charge in [-0.25, -0.2) is 0 Å². The summed E-state index contributed by atoms with van der Waals surface area (Å²) in [5, 5.41) is 41.0. The van der Waals surface area contributed by atoms with Gasteiger partial charge in [-0.3, -0.25) is 0 Å². The molecule has 5 atom stereocenters. The van der Waals surface area contributed by atoms with Crippen molar-refractivity contribution < 1.29 is 25.2 Å². The molecule has 5 nitrogen and oxygen atoms in total. The summed E-state index contributed by atoms with van der Waals surface area (Å²) in [5.74, 6) is 0. The van der Waals surface area contributed by atoms with E-state index in [2.05, 4.69) is 0 Å². The van der Waals surface area contributed by atoms with Gasteiger partial charge >= 0.3 is 0 Å². The normalized spacial score (nSPS) is 31.9. The molecule has 2 aromatic carbocycles. The van der Waals surface area contributed by atoms with Crippen LogP contribution < -0.4 is 0 Å². The highest BCUT2D eigenvalue weighted by molar-refractivity contribution is 8.00. The molecule has 0 unspecified atom stereocenters. The molecule has 1 spiro atoms. The van der Waals surface area contributed by atoms with Crippen LogP contribution in [0.2, 0.25) is 5.02 Å². The Hall–Kier alpha value is -1.12. The molecule has 0 radical (unpaired) electrons. The maximum atomic E-state index is 10.8. The molecule has 0 amide bonds. The fourth-order valence-electron chi connectivity index (χ4n) is 4.01. The molecule has 4 rings (SSSR count). The average molecular weight is 423 g/mol. The number of aryl methyl sites for hydroxylation is 1. The van der Waals surface area contributed by atoms with Crippen molar-refractivity contribution in [2.24, 2.45) is 0 Å². The average Bonchev–Trinajstić information content (AvgIpc) is 3.03. The van der Waals surface area contributed by atoms with Gasteiger partial charge in [0.15, 0.2) is 4.93 Å². The lowest BCUT2D eigenvalue weighted by Gasteiger charge is -2.45. The number of ether oxygens (including phenoxy) is 1. The Labute approximate surface area is 172 Å². The number of fused-ring (bicyclic) bond motifs is 2. The lowest BCUT2D eigenvalue weighted by molar-refractivity contribution is -0.147. The summed E-state index contributed by atoms with van der Waals surface area (Å²) in [6, 6.07) is 11.7. The van der Waals surface area contributed by atoms with Crippen molar-refractivity contribution in [3.63, 3.8) is 0 Å². The Morgan fingerprint density at radius 2 is 1.86 bits per heavy atom. The van der Waals surface area contributed by atoms with Gasteiger partial charge in [0.05, 0.1) is 24.6 Å². The van der Waals surface area contributed by atoms with Crippen LogP contribution in [0.25, 0.3) is 0 Å². The quantitative estimate of drug-likeness (QED) is 0.605. The molecule has 0 aromatic heterocycles. The Morgan fingerprint density at radius 1 is 1.14 bits per heavy atom. The standard InChI is InChI=1S/C21H23ClO5S/c1-11-6-14-10-27-21(20(26)19(25)18(24)17(9-23)28-21)16(14)8-13(11)7-12-2-4-15(22)5-3-12/h2-6,8,17-20,23-26H,7,9-10H2,1H3/t17-,18-,19+,20-,21+/m1/s1. The summed E-state index contributed by atoms with van der Waals surface area (Å²) in [6.07, 6.45) is -3.22. The van der Waals surface area contributed by atoms with Crippen molar-refractivity contribution in [2.45, 2.75) is 48.4 Å². The zero-order chi connectivity index (χ0) is 20.1. The molecule has 150 valence electrons. The third-order valence-corrected chi connectivity index (χ3v) is 7.55. The number of aliphatic hydroxyl groups excluding tert-OH is 4. The summed E-state index contributed by atoms with van der Waals surface area (Å²) < 4.78 is 6.00. The topological polar surface area (TPSA) is 90.2 Å². The highest BCUT2D eigenvalue weighted by atomic mass is 35.5. The van der Waals surface area contributed by atoms with Crippen molar-refractivity contribution in [2.75, 3.05) is 6.61 Å². The monoisotopic (exact) mass is 422 g/mol. The van der Waals surface area contributed by atoms with E-state index >= 15 is 0 Å². The predicted octanol–water partition coefficient (Wildman–Crippen LogP) is 2.11. The van der Waals surface area contributed by atoms with Crippen LogP contribution in [0.1, 0.15) is 27.8 Å². The Kier molecular flexibility index (Phi) is 5.48. The second kappa shape index (κ2) is 7.61. The molecule has 4 N–H and O–H groups in total. The highest BCUT2D eigenvalue weighted by Gasteiger charge is 2.57. The molecule has 2 aliphatic rings. The number of rotatable bonds is 3. The van der Waals surface area contributed by atoms with Crippen LogP contribution in [-0.2, 0) is 22.7 Å². The largest absolute Gasteiger partial charge is 0.395 e. The molecule has 2 aliphatic heterocycles. The molecule has 1 saturated heterocycles. The first-order valence-corrected chi connectivity index (χ1v) is 10.5. The SMILES string of the molecule is Cc1cc2c(cc1Cc1ccc(Cl)cc1)[C@]1(OC2)S[C@H](CO)[C@@H](O)[C@H](O)[C@H]1O. The molecule has 0 saturated carbocycles. The van der Waals surface area contributed by atoms with E-state index in [4.69, 9.17) is 16.3 Å². The summed E-state index contributed by atoms with van der Waals surface area (Å²) in [7, 11) is 0. The fraction of sp³-hybridized carbons (Fsp3) is 0.429. The fourth-order valence-corrected chi connectivity index (χ4v) is 5.69. The minimum absolute atomic E-state index is 0.308. The van der Waals surface area contributed by atoms with Crippen LogP contribution in [0.4, 0.5) is 0 Å². The Bertz CT molecular complexity index is 872. The maximum absolute atomic E-state index is 10.8. The molecular formula is C21H23ClO5S. The van der Waals surface area contributed by atoms with Gasteiger partial charge in [0.25, 0.3) is 0 Å². The van der Waals surface area contributed by atoms with Crippen LogP contribution >= 0.6 is 23.4 Å². The molecule has 28 heavy (non-hydrogen) atoms. The summed E-state index contributed by atoms with van der Waals surface area (Å²) in [6.45, 7) is 2.03. The van der Waals surface area contributed by atoms with Gasteiger partial charge in [-0.1, -0.05) is 35.9 Å². The minimum atomic E-state index is -1.40. The van der Waals surface area contributed by atoms with E-state index in [1.807, 2.05) is 43.3 Å². The second-order valence-corrected chi connectivity index (χ2v) is 9.34. The smallest absolute Gasteiger partial charge is 0.168 e. The summed E-state index contributed by atoms with van der Waals surface area (Å²) in [5.41, 5.74) is 5.05. The third kappa shape index (κ3) is 3.27. The molecule has 7 heteroatoms. The van der Waals surface area contributed by atoms with Crippen molar-refractivity contribution in [3.8, 4) is 0 Å². The van der Waals surface area contributed by atoms with Crippen LogP contribution in [0.5, 0.6) is 0 Å². The van der Waals surface area contributed by atoms with Crippen LogP contribution in [0.15, 0.2) is 36.4 Å². The molecule has 0 aliphatic carbocycles. The van der Waals surface area contributed by atoms with Crippen LogP contribution in [0, 0.1) is 6.92 Å². The molecule has 0 bridgehead atoms. The minimum Gasteiger partial charge on any atom is -0.395 e. The maximum Gasteiger partial charge on any atom is 0.168 e.